The SMILES string of the molecule is CCn1ncnc1CC(NN)c1ccc(Br)c(Cl)c1. The van der Waals surface area contributed by atoms with Crippen LogP contribution in [0.3, 0.4) is 0 Å². The van der Waals surface area contributed by atoms with Crippen molar-refractivity contribution in [2.75, 3.05) is 0 Å². The van der Waals surface area contributed by atoms with Crippen molar-refractivity contribution >= 4 is 27.5 Å². The third kappa shape index (κ3) is 3.33. The number of rotatable bonds is 5. The second kappa shape index (κ2) is 6.47. The molecule has 1 aromatic carbocycles. The minimum Gasteiger partial charge on any atom is -0.271 e. The number of benzene rings is 1. The average Bonchev–Trinajstić information content (AvgIpc) is 2.86. The maximum Gasteiger partial charge on any atom is 0.138 e. The van der Waals surface area contributed by atoms with Crippen LogP contribution in [0.5, 0.6) is 0 Å². The highest BCUT2D eigenvalue weighted by Gasteiger charge is 2.15. The van der Waals surface area contributed by atoms with Crippen LogP contribution in [0.4, 0.5) is 0 Å². The first-order valence-corrected chi connectivity index (χ1v) is 7.10. The maximum absolute atomic E-state index is 6.11. The van der Waals surface area contributed by atoms with E-state index in [1.54, 1.807) is 6.33 Å². The molecule has 0 aliphatic rings. The van der Waals surface area contributed by atoms with Gasteiger partial charge < -0.3 is 0 Å². The Balaban J connectivity index is 2.22. The fraction of sp³-hybridized carbons (Fsp3) is 0.333. The van der Waals surface area contributed by atoms with Gasteiger partial charge in [0.25, 0.3) is 0 Å². The van der Waals surface area contributed by atoms with Gasteiger partial charge in [-0.2, -0.15) is 5.10 Å². The summed E-state index contributed by atoms with van der Waals surface area (Å²) in [4.78, 5) is 4.25. The Bertz CT molecular complexity index is 557. The highest BCUT2D eigenvalue weighted by atomic mass is 79.9. The number of hydrogen-bond acceptors (Lipinski definition) is 4. The largest absolute Gasteiger partial charge is 0.271 e. The molecule has 0 aliphatic heterocycles. The summed E-state index contributed by atoms with van der Waals surface area (Å²) in [6.45, 7) is 2.81. The van der Waals surface area contributed by atoms with E-state index in [-0.39, 0.29) is 6.04 Å². The summed E-state index contributed by atoms with van der Waals surface area (Å²) in [6.07, 6.45) is 2.21. The van der Waals surface area contributed by atoms with Gasteiger partial charge in [-0.1, -0.05) is 17.7 Å². The zero-order valence-corrected chi connectivity index (χ0v) is 12.8. The Morgan fingerprint density at radius 1 is 1.53 bits per heavy atom. The summed E-state index contributed by atoms with van der Waals surface area (Å²) in [7, 11) is 0. The van der Waals surface area contributed by atoms with E-state index in [0.29, 0.717) is 11.4 Å². The van der Waals surface area contributed by atoms with Gasteiger partial charge in [-0.05, 0) is 40.5 Å². The summed E-state index contributed by atoms with van der Waals surface area (Å²) >= 11 is 9.48. The van der Waals surface area contributed by atoms with E-state index < -0.39 is 0 Å². The molecule has 0 saturated heterocycles. The van der Waals surface area contributed by atoms with Gasteiger partial charge in [0.2, 0.25) is 0 Å². The van der Waals surface area contributed by atoms with Crippen molar-refractivity contribution in [3.05, 3.63) is 45.4 Å². The van der Waals surface area contributed by atoms with Crippen LogP contribution in [-0.2, 0) is 13.0 Å². The maximum atomic E-state index is 6.11. The molecule has 0 amide bonds. The molecule has 0 bridgehead atoms. The third-order valence-corrected chi connectivity index (χ3v) is 4.16. The van der Waals surface area contributed by atoms with Gasteiger partial charge in [0.15, 0.2) is 0 Å². The van der Waals surface area contributed by atoms with Crippen molar-refractivity contribution in [3.63, 3.8) is 0 Å². The van der Waals surface area contributed by atoms with Crippen molar-refractivity contribution < 1.29 is 0 Å². The number of nitrogens with one attached hydrogen (secondary N) is 1. The van der Waals surface area contributed by atoms with E-state index in [4.69, 9.17) is 17.4 Å². The fourth-order valence-electron chi connectivity index (χ4n) is 1.90. The second-order valence-electron chi connectivity index (χ2n) is 4.09. The molecule has 19 heavy (non-hydrogen) atoms. The van der Waals surface area contributed by atoms with Gasteiger partial charge in [0.1, 0.15) is 12.2 Å². The monoisotopic (exact) mass is 343 g/mol. The molecule has 0 saturated carbocycles. The first-order valence-electron chi connectivity index (χ1n) is 5.93. The lowest BCUT2D eigenvalue weighted by Gasteiger charge is -2.16. The molecule has 1 unspecified atom stereocenters. The molecule has 0 radical (unpaired) electrons. The lowest BCUT2D eigenvalue weighted by Crippen LogP contribution is -2.30. The zero-order chi connectivity index (χ0) is 13.8. The molecule has 3 N–H and O–H groups in total. The molecule has 7 heteroatoms. The molecule has 1 aromatic heterocycles. The first kappa shape index (κ1) is 14.5. The molecule has 2 rings (SSSR count). The number of halogens is 2. The molecule has 1 atom stereocenters. The molecule has 102 valence electrons. The molecule has 0 aliphatic carbocycles. The lowest BCUT2D eigenvalue weighted by molar-refractivity contribution is 0.510. The standard InChI is InChI=1S/C12H15BrClN5/c1-2-19-12(16-7-17-19)6-11(18-15)8-3-4-9(13)10(14)5-8/h3-5,7,11,18H,2,6,15H2,1H3. The quantitative estimate of drug-likeness (QED) is 0.646. The van der Waals surface area contributed by atoms with Crippen molar-refractivity contribution in [3.8, 4) is 0 Å². The number of hydrazine groups is 1. The van der Waals surface area contributed by atoms with Crippen LogP contribution in [-0.4, -0.2) is 14.8 Å². The van der Waals surface area contributed by atoms with Crippen LogP contribution < -0.4 is 11.3 Å². The van der Waals surface area contributed by atoms with E-state index in [0.717, 1.165) is 22.4 Å². The van der Waals surface area contributed by atoms with Crippen LogP contribution in [0.25, 0.3) is 0 Å². The van der Waals surface area contributed by atoms with E-state index >= 15 is 0 Å². The molecule has 0 fully saturated rings. The van der Waals surface area contributed by atoms with E-state index in [9.17, 15) is 0 Å². The van der Waals surface area contributed by atoms with Crippen LogP contribution in [0.1, 0.15) is 24.4 Å². The van der Waals surface area contributed by atoms with E-state index in [2.05, 4.69) is 31.4 Å². The number of nitrogens with zero attached hydrogens (tertiary/aromatic N) is 3. The minimum absolute atomic E-state index is 0.0555. The second-order valence-corrected chi connectivity index (χ2v) is 5.35. The Labute approximate surface area is 125 Å². The lowest BCUT2D eigenvalue weighted by atomic mass is 10.0. The normalized spacial score (nSPS) is 12.6. The number of aryl methyl sites for hydroxylation is 1. The predicted molar refractivity (Wildman–Crippen MR) is 78.6 cm³/mol. The van der Waals surface area contributed by atoms with Gasteiger partial charge in [-0.15, -0.1) is 0 Å². The summed E-state index contributed by atoms with van der Waals surface area (Å²) in [5, 5.41) is 4.81. The molecule has 5 nitrogen and oxygen atoms in total. The first-order chi connectivity index (χ1) is 9.15. The van der Waals surface area contributed by atoms with Crippen molar-refractivity contribution in [1.82, 2.24) is 20.2 Å². The third-order valence-electron chi connectivity index (χ3n) is 2.93. The molecular weight excluding hydrogens is 330 g/mol. The topological polar surface area (TPSA) is 68.8 Å². The zero-order valence-electron chi connectivity index (χ0n) is 10.5. The van der Waals surface area contributed by atoms with Gasteiger partial charge in [0.05, 0.1) is 11.1 Å². The van der Waals surface area contributed by atoms with Crippen LogP contribution in [0.15, 0.2) is 29.0 Å². The van der Waals surface area contributed by atoms with Gasteiger partial charge >= 0.3 is 0 Å². The Morgan fingerprint density at radius 3 is 2.95 bits per heavy atom. The van der Waals surface area contributed by atoms with Gasteiger partial charge in [0, 0.05) is 17.4 Å². The molecule has 2 aromatic rings. The molecule has 1 heterocycles. The van der Waals surface area contributed by atoms with E-state index in [1.165, 1.54) is 0 Å². The summed E-state index contributed by atoms with van der Waals surface area (Å²) in [5.74, 6) is 6.53. The fourth-order valence-corrected chi connectivity index (χ4v) is 2.33. The smallest absolute Gasteiger partial charge is 0.138 e. The van der Waals surface area contributed by atoms with Crippen LogP contribution >= 0.6 is 27.5 Å². The highest BCUT2D eigenvalue weighted by molar-refractivity contribution is 9.10. The van der Waals surface area contributed by atoms with Crippen molar-refractivity contribution in [2.24, 2.45) is 5.84 Å². The Kier molecular flexibility index (Phi) is 4.93. The minimum atomic E-state index is -0.0555. The Morgan fingerprint density at radius 2 is 2.32 bits per heavy atom. The number of hydrogen-bond donors (Lipinski definition) is 2. The molecular formula is C12H15BrClN5. The van der Waals surface area contributed by atoms with Crippen LogP contribution in [0.2, 0.25) is 5.02 Å². The average molecular weight is 345 g/mol. The Hall–Kier alpha value is -0.950. The van der Waals surface area contributed by atoms with Gasteiger partial charge in [-0.25, -0.2) is 4.98 Å². The summed E-state index contributed by atoms with van der Waals surface area (Å²) < 4.78 is 2.72. The van der Waals surface area contributed by atoms with Crippen molar-refractivity contribution in [2.45, 2.75) is 25.9 Å². The predicted octanol–water partition coefficient (Wildman–Crippen LogP) is 2.46. The summed E-state index contributed by atoms with van der Waals surface area (Å²) in [6, 6.07) is 5.72. The van der Waals surface area contributed by atoms with E-state index in [1.807, 2.05) is 29.8 Å². The van der Waals surface area contributed by atoms with Crippen LogP contribution in [0, 0.1) is 0 Å². The van der Waals surface area contributed by atoms with Gasteiger partial charge in [-0.3, -0.25) is 16.0 Å². The number of aromatic nitrogens is 3. The highest BCUT2D eigenvalue weighted by Crippen LogP contribution is 2.27. The molecule has 0 spiro atoms. The van der Waals surface area contributed by atoms with Crippen molar-refractivity contribution in [1.29, 1.82) is 0 Å². The summed E-state index contributed by atoms with van der Waals surface area (Å²) in [5.41, 5.74) is 3.81. The number of nitrogens with two attached hydrogens (primary N) is 1.